The molecule has 1 aliphatic carbocycles. The van der Waals surface area contributed by atoms with Crippen LogP contribution in [-0.4, -0.2) is 67.3 Å². The zero-order valence-corrected chi connectivity index (χ0v) is 71.4. The number of nitrogens with zero attached hydrogens (tertiary/aromatic N) is 8. The molecule has 0 spiro atoms. The summed E-state index contributed by atoms with van der Waals surface area (Å²) < 4.78 is 25.7. The third kappa shape index (κ3) is 24.5. The molecule has 1 aliphatic rings. The summed E-state index contributed by atoms with van der Waals surface area (Å²) in [5.41, 5.74) is 15.4. The Morgan fingerprint density at radius 2 is 0.355 bits per heavy atom. The molecule has 640 valence electrons. The fourth-order valence-electron chi connectivity index (χ4n) is 15.8. The first kappa shape index (κ1) is 88.4. The molecule has 20 heteroatoms. The van der Waals surface area contributed by atoms with E-state index in [1.807, 2.05) is 146 Å². The lowest BCUT2D eigenvalue weighted by molar-refractivity contribution is 0.310. The first-order valence-corrected chi connectivity index (χ1v) is 43.7. The molecule has 8 N–H and O–H groups in total. The molecule has 8 bridgehead atoms. The van der Waals surface area contributed by atoms with Gasteiger partial charge in [0.05, 0.1) is 71.9 Å². The quantitative estimate of drug-likeness (QED) is 0.0131. The van der Waals surface area contributed by atoms with E-state index in [1.165, 1.54) is 46.5 Å². The van der Waals surface area contributed by atoms with Crippen LogP contribution in [0.5, 0.6) is 69.0 Å². The minimum absolute atomic E-state index is 0.135. The molecule has 0 atom stereocenters. The van der Waals surface area contributed by atoms with Crippen LogP contribution in [-0.2, 0) is 77.0 Å². The summed E-state index contributed by atoms with van der Waals surface area (Å²) in [4.78, 5) is 0. The van der Waals surface area contributed by atoms with Crippen LogP contribution in [0.15, 0.2) is 259 Å². The lowest BCUT2D eigenvalue weighted by Gasteiger charge is -2.26. The maximum absolute atomic E-state index is 12.5. The molecule has 0 heterocycles. The molecular weight excluding hydrogens is 1550 g/mol. The summed E-state index contributed by atoms with van der Waals surface area (Å²) in [5, 5.41) is 136. The lowest BCUT2D eigenvalue weighted by atomic mass is 9.81. The van der Waals surface area contributed by atoms with Gasteiger partial charge in [-0.3, -0.25) is 0 Å². The molecule has 0 aliphatic heterocycles. The monoisotopic (exact) mass is 1660 g/mol. The first-order valence-electron chi connectivity index (χ1n) is 43.7. The van der Waals surface area contributed by atoms with Gasteiger partial charge in [0.15, 0.2) is 0 Å². The molecule has 0 saturated carbocycles. The van der Waals surface area contributed by atoms with E-state index in [1.54, 1.807) is 0 Å². The molecule has 12 aromatic carbocycles. The zero-order chi connectivity index (χ0) is 86.5. The number of hydrogen-bond acceptors (Lipinski definition) is 20. The Morgan fingerprint density at radius 3 is 0.508 bits per heavy atom. The maximum atomic E-state index is 12.5. The molecule has 0 amide bonds. The summed E-state index contributed by atoms with van der Waals surface area (Å²) in [7, 11) is 0. The number of aryl methyl sites for hydroxylation is 4. The van der Waals surface area contributed by atoms with Crippen molar-refractivity contribution in [3.8, 4) is 69.0 Å². The van der Waals surface area contributed by atoms with Gasteiger partial charge < -0.3 is 59.8 Å². The Hall–Kier alpha value is -13.4. The lowest BCUT2D eigenvalue weighted by Crippen LogP contribution is -2.13. The van der Waals surface area contributed by atoms with Crippen LogP contribution in [0.3, 0.4) is 0 Å². The largest absolute Gasteiger partial charge is 0.508 e. The van der Waals surface area contributed by atoms with Gasteiger partial charge in [-0.15, -0.1) is 0 Å². The molecular formula is C104H112N8O12. The van der Waals surface area contributed by atoms with Crippen LogP contribution in [0.4, 0.5) is 45.5 Å². The second kappa shape index (κ2) is 44.4. The van der Waals surface area contributed by atoms with E-state index >= 15 is 0 Å². The van der Waals surface area contributed by atoms with Gasteiger partial charge in [-0.1, -0.05) is 102 Å². The van der Waals surface area contributed by atoms with Gasteiger partial charge in [-0.05, 0) is 293 Å². The molecule has 12 aromatic rings. The van der Waals surface area contributed by atoms with Crippen molar-refractivity contribution >= 4 is 45.5 Å². The number of phenolic OH excluding ortho intramolecular Hbond substituents is 8. The predicted octanol–water partition coefficient (Wildman–Crippen LogP) is 27.1. The fourth-order valence-corrected chi connectivity index (χ4v) is 15.8. The molecule has 0 unspecified atom stereocenters. The topological polar surface area (TPSA) is 298 Å². The van der Waals surface area contributed by atoms with Gasteiger partial charge in [0, 0.05) is 94.5 Å². The summed E-state index contributed by atoms with van der Waals surface area (Å²) in [5.74, 6) is 0.0930. The SMILES string of the molecule is CCCCc1ccc(N=Nc2ccc(OCCCc3c4c(O)cc(O)c3Cc3c(O)cc(O)c(c3CCCOc3ccc(N=Nc5ccc(CCCC)cc5)cc3)Cc3c(O)cc(O)c(c3CCCOc3ccc(N=Nc5ccc(CCCC)cc5)cc3)Cc3c(O)cc(O)c(c3CCCOc3ccc(N=Nc5ccc(CCCC)cc5)cc3)C4)cc2)cc1. The number of rotatable bonds is 40. The highest BCUT2D eigenvalue weighted by Crippen LogP contribution is 2.47. The highest BCUT2D eigenvalue weighted by molar-refractivity contribution is 5.65. The molecule has 0 aromatic heterocycles. The fraction of sp³-hybridized carbons (Fsp3) is 0.308. The molecule has 13 rings (SSSR count). The number of aromatic hydroxyl groups is 8. The molecule has 0 fully saturated rings. The molecule has 0 radical (unpaired) electrons. The number of fused-ring (bicyclic) bond motifs is 8. The van der Waals surface area contributed by atoms with Crippen molar-refractivity contribution in [2.24, 2.45) is 40.9 Å². The Kier molecular flexibility index (Phi) is 31.7. The average Bonchev–Trinajstić information content (AvgIpc) is 0.753. The van der Waals surface area contributed by atoms with Gasteiger partial charge >= 0.3 is 0 Å². The van der Waals surface area contributed by atoms with E-state index in [9.17, 15) is 40.9 Å². The van der Waals surface area contributed by atoms with E-state index in [-0.39, 0.29) is 124 Å². The van der Waals surface area contributed by atoms with E-state index < -0.39 is 0 Å². The summed E-state index contributed by atoms with van der Waals surface area (Å²) in [6, 6.07) is 66.6. The highest BCUT2D eigenvalue weighted by atomic mass is 16.5. The second-order valence-electron chi connectivity index (χ2n) is 31.8. The van der Waals surface area contributed by atoms with Crippen molar-refractivity contribution in [3.63, 3.8) is 0 Å². The highest BCUT2D eigenvalue weighted by Gasteiger charge is 2.30. The van der Waals surface area contributed by atoms with Crippen molar-refractivity contribution in [2.45, 2.75) is 182 Å². The third-order valence-electron chi connectivity index (χ3n) is 22.7. The predicted molar refractivity (Wildman–Crippen MR) is 488 cm³/mol. The minimum atomic E-state index is -0.274. The number of phenols is 8. The van der Waals surface area contributed by atoms with E-state index in [0.29, 0.717) is 138 Å². The van der Waals surface area contributed by atoms with Gasteiger partial charge in [0.1, 0.15) is 69.0 Å². The number of azo groups is 4. The number of benzene rings is 12. The number of ether oxygens (including phenoxy) is 4. The standard InChI is InChI=1S/C104H112N8O12/c1-5-9-17-69-25-33-73(34-26-69)105-109-77-41-49-81(50-42-77)121-57-13-21-85-89-61-91-86(22-14-58-122-82-51-43-78(44-52-82)110-106-74-35-27-70(28-36-74)18-10-6-2)93(101(117)66-99(91)115)63-95-88(24-16-60-124-84-55-47-80(48-56-84)112-108-76-39-31-72(32-40-76)20-12-8-4)96(104(120)68-103(95)119)64-94-87(92(100(116)67-102(94)118)62-90(85)98(114)65-97(89)113)23-15-59-123-83-53-45-79(46-54-83)111-107-75-37-29-71(30-38-75)19-11-7-3/h25-56,65-68,113-120H,5-24,57-64H2,1-4H3. The minimum Gasteiger partial charge on any atom is -0.508 e. The number of hydrogen-bond donors (Lipinski definition) is 8. The Balaban J connectivity index is 0.837. The van der Waals surface area contributed by atoms with Gasteiger partial charge in [-0.2, -0.15) is 40.9 Å². The van der Waals surface area contributed by atoms with Crippen molar-refractivity contribution in [1.29, 1.82) is 0 Å². The van der Waals surface area contributed by atoms with Crippen molar-refractivity contribution in [2.75, 3.05) is 26.4 Å². The van der Waals surface area contributed by atoms with E-state index in [2.05, 4.69) is 117 Å². The van der Waals surface area contributed by atoms with Crippen molar-refractivity contribution < 1.29 is 59.8 Å². The van der Waals surface area contributed by atoms with E-state index in [4.69, 9.17) is 18.9 Å². The zero-order valence-electron chi connectivity index (χ0n) is 71.4. The average molecular weight is 1670 g/mol. The van der Waals surface area contributed by atoms with Crippen LogP contribution < -0.4 is 18.9 Å². The summed E-state index contributed by atoms with van der Waals surface area (Å²) in [6.45, 7) is 9.42. The third-order valence-corrected chi connectivity index (χ3v) is 22.7. The van der Waals surface area contributed by atoms with Crippen LogP contribution in [0.25, 0.3) is 0 Å². The Morgan fingerprint density at radius 1 is 0.202 bits per heavy atom. The maximum Gasteiger partial charge on any atom is 0.123 e. The van der Waals surface area contributed by atoms with Crippen LogP contribution in [0, 0.1) is 0 Å². The number of unbranched alkanes of at least 4 members (excludes halogenated alkanes) is 4. The normalized spacial score (nSPS) is 12.2. The Bertz CT molecular complexity index is 4820. The van der Waals surface area contributed by atoms with Crippen molar-refractivity contribution in [1.82, 2.24) is 0 Å². The van der Waals surface area contributed by atoms with Crippen molar-refractivity contribution in [3.05, 3.63) is 307 Å². The van der Waals surface area contributed by atoms with E-state index in [0.717, 1.165) is 99.8 Å². The molecule has 124 heavy (non-hydrogen) atoms. The first-order chi connectivity index (χ1) is 60.5. The van der Waals surface area contributed by atoms with Crippen LogP contribution in [0.2, 0.25) is 0 Å². The molecule has 20 nitrogen and oxygen atoms in total. The van der Waals surface area contributed by atoms with Gasteiger partial charge in [0.2, 0.25) is 0 Å². The smallest absolute Gasteiger partial charge is 0.123 e. The van der Waals surface area contributed by atoms with Gasteiger partial charge in [0.25, 0.3) is 0 Å². The van der Waals surface area contributed by atoms with Crippen LogP contribution >= 0.6 is 0 Å². The second-order valence-corrected chi connectivity index (χ2v) is 31.8. The molecule has 0 saturated heterocycles. The van der Waals surface area contributed by atoms with Gasteiger partial charge in [-0.25, -0.2) is 0 Å². The summed E-state index contributed by atoms with van der Waals surface area (Å²) >= 11 is 0. The van der Waals surface area contributed by atoms with Crippen LogP contribution in [0.1, 0.15) is 194 Å². The Labute approximate surface area is 726 Å². The summed E-state index contributed by atoms with van der Waals surface area (Å²) in [6.07, 6.45) is 14.6.